The summed E-state index contributed by atoms with van der Waals surface area (Å²) in [6.45, 7) is 22.5. The molecule has 0 aromatic rings. The number of allylic oxidation sites excluding steroid dienone is 1. The summed E-state index contributed by atoms with van der Waals surface area (Å²) in [5, 5.41) is 3.02. The molecule has 0 aliphatic carbocycles. The van der Waals surface area contributed by atoms with Gasteiger partial charge in [0.1, 0.15) is 0 Å². The molecule has 0 fully saturated rings. The third kappa shape index (κ3) is 601. The van der Waals surface area contributed by atoms with Crippen molar-refractivity contribution >= 4 is 0 Å². The molecular formula is C13H33N. The van der Waals surface area contributed by atoms with Crippen LogP contribution in [-0.4, -0.2) is 13.6 Å². The van der Waals surface area contributed by atoms with Gasteiger partial charge >= 0.3 is 0 Å². The van der Waals surface area contributed by atoms with Gasteiger partial charge in [0.05, 0.1) is 0 Å². The molecule has 0 rings (SSSR count). The highest BCUT2D eigenvalue weighted by molar-refractivity contribution is 4.51. The second kappa shape index (κ2) is 138. The van der Waals surface area contributed by atoms with Crippen molar-refractivity contribution in [3.8, 4) is 0 Å². The van der Waals surface area contributed by atoms with Crippen LogP contribution in [0.15, 0.2) is 25.8 Å². The minimum absolute atomic E-state index is 1.14. The second-order valence-corrected chi connectivity index (χ2v) is 1.51. The lowest BCUT2D eigenvalue weighted by Crippen LogP contribution is -2.04. The normalized spacial score (nSPS) is 5.07. The zero-order valence-corrected chi connectivity index (χ0v) is 11.6. The van der Waals surface area contributed by atoms with Gasteiger partial charge in [-0.05, 0) is 26.9 Å². The van der Waals surface area contributed by atoms with Crippen LogP contribution in [0.2, 0.25) is 0 Å². The SMILES string of the molecule is C=C.C=CC.CC.CC.CCCNC. The van der Waals surface area contributed by atoms with Crippen molar-refractivity contribution in [1.82, 2.24) is 5.32 Å². The lowest BCUT2D eigenvalue weighted by atomic mass is 10.5. The predicted molar refractivity (Wildman–Crippen MR) is 74.0 cm³/mol. The van der Waals surface area contributed by atoms with Gasteiger partial charge in [-0.1, -0.05) is 40.7 Å². The minimum Gasteiger partial charge on any atom is -0.320 e. The van der Waals surface area contributed by atoms with E-state index in [1.807, 2.05) is 41.7 Å². The van der Waals surface area contributed by atoms with E-state index >= 15 is 0 Å². The summed E-state index contributed by atoms with van der Waals surface area (Å²) >= 11 is 0. The Morgan fingerprint density at radius 2 is 1.29 bits per heavy atom. The van der Waals surface area contributed by atoms with Crippen LogP contribution in [-0.2, 0) is 0 Å². The molecule has 0 aliphatic heterocycles. The quantitative estimate of drug-likeness (QED) is 0.643. The van der Waals surface area contributed by atoms with Crippen molar-refractivity contribution in [2.24, 2.45) is 0 Å². The van der Waals surface area contributed by atoms with Crippen molar-refractivity contribution < 1.29 is 0 Å². The first kappa shape index (κ1) is 29.2. The third-order valence-corrected chi connectivity index (χ3v) is 0.500. The van der Waals surface area contributed by atoms with Crippen LogP contribution in [0.3, 0.4) is 0 Å². The van der Waals surface area contributed by atoms with Crippen molar-refractivity contribution in [2.45, 2.75) is 48.0 Å². The standard InChI is InChI=1S/C4H11N.C3H6.2C2H6.C2H4/c1-3-4-5-2;1-3-2;3*1-2/h5H,3-4H2,1-2H3;3H,1H2,2H3;2*1-2H3;1-2H2. The van der Waals surface area contributed by atoms with Gasteiger partial charge in [-0.2, -0.15) is 0 Å². The Bertz CT molecular complexity index is 40.5. The molecule has 0 radical (unpaired) electrons. The molecule has 0 aliphatic rings. The average Bonchev–Trinajstić information content (AvgIpc) is 2.29. The van der Waals surface area contributed by atoms with Crippen molar-refractivity contribution in [1.29, 1.82) is 0 Å². The van der Waals surface area contributed by atoms with Crippen LogP contribution in [0, 0.1) is 0 Å². The Balaban J connectivity index is -0.0000000263. The molecule has 0 unspecified atom stereocenters. The highest BCUT2D eigenvalue weighted by Gasteiger charge is 1.64. The summed E-state index contributed by atoms with van der Waals surface area (Å²) in [6.07, 6.45) is 2.98. The van der Waals surface area contributed by atoms with E-state index < -0.39 is 0 Å². The maximum atomic E-state index is 3.36. The van der Waals surface area contributed by atoms with E-state index in [4.69, 9.17) is 0 Å². The van der Waals surface area contributed by atoms with Gasteiger partial charge in [0.2, 0.25) is 0 Å². The number of rotatable bonds is 2. The highest BCUT2D eigenvalue weighted by Crippen LogP contribution is 1.62. The summed E-state index contributed by atoms with van der Waals surface area (Å²) in [5.41, 5.74) is 0. The maximum absolute atomic E-state index is 3.36. The Morgan fingerprint density at radius 3 is 1.29 bits per heavy atom. The van der Waals surface area contributed by atoms with Crippen molar-refractivity contribution in [2.75, 3.05) is 13.6 Å². The Labute approximate surface area is 93.3 Å². The van der Waals surface area contributed by atoms with Crippen LogP contribution in [0.25, 0.3) is 0 Å². The number of hydrogen-bond donors (Lipinski definition) is 1. The molecule has 0 spiro atoms. The van der Waals surface area contributed by atoms with Crippen molar-refractivity contribution in [3.05, 3.63) is 25.8 Å². The van der Waals surface area contributed by atoms with Crippen LogP contribution in [0.4, 0.5) is 0 Å². The van der Waals surface area contributed by atoms with Crippen LogP contribution in [0.5, 0.6) is 0 Å². The zero-order valence-electron chi connectivity index (χ0n) is 11.6. The number of nitrogens with one attached hydrogen (secondary N) is 1. The molecule has 90 valence electrons. The van der Waals surface area contributed by atoms with Gasteiger partial charge in [-0.25, -0.2) is 0 Å². The summed E-state index contributed by atoms with van der Waals surface area (Å²) in [4.78, 5) is 0. The lowest BCUT2D eigenvalue weighted by molar-refractivity contribution is 0.772. The largest absolute Gasteiger partial charge is 0.320 e. The Morgan fingerprint density at radius 1 is 1.07 bits per heavy atom. The molecule has 0 saturated heterocycles. The van der Waals surface area contributed by atoms with Crippen LogP contribution in [0.1, 0.15) is 48.0 Å². The first-order chi connectivity index (χ1) is 6.83. The zero-order chi connectivity index (χ0) is 12.8. The van der Waals surface area contributed by atoms with E-state index in [0.29, 0.717) is 0 Å². The smallest absolute Gasteiger partial charge is 0.00546 e. The van der Waals surface area contributed by atoms with Gasteiger partial charge in [0, 0.05) is 0 Å². The van der Waals surface area contributed by atoms with Gasteiger partial charge in [0.15, 0.2) is 0 Å². The molecule has 0 aromatic heterocycles. The van der Waals surface area contributed by atoms with Gasteiger partial charge in [0.25, 0.3) is 0 Å². The van der Waals surface area contributed by atoms with E-state index in [0.717, 1.165) is 6.54 Å². The monoisotopic (exact) mass is 203 g/mol. The summed E-state index contributed by atoms with van der Waals surface area (Å²) in [7, 11) is 1.96. The van der Waals surface area contributed by atoms with Gasteiger partial charge in [-0.3, -0.25) is 0 Å². The number of hydrogen-bond acceptors (Lipinski definition) is 1. The second-order valence-electron chi connectivity index (χ2n) is 1.51. The molecule has 14 heavy (non-hydrogen) atoms. The molecule has 0 amide bonds. The molecule has 0 saturated carbocycles. The predicted octanol–water partition coefficient (Wildman–Crippen LogP) is 4.66. The summed E-state index contributed by atoms with van der Waals surface area (Å²) in [6, 6.07) is 0. The molecular weight excluding hydrogens is 170 g/mol. The molecule has 0 aromatic carbocycles. The summed E-state index contributed by atoms with van der Waals surface area (Å²) in [5.74, 6) is 0. The van der Waals surface area contributed by atoms with E-state index in [2.05, 4.69) is 32.0 Å². The van der Waals surface area contributed by atoms with Crippen LogP contribution < -0.4 is 5.32 Å². The molecule has 1 heteroatoms. The Kier molecular flexibility index (Phi) is 287. The fraction of sp³-hybridized carbons (Fsp3) is 0.692. The fourth-order valence-corrected chi connectivity index (χ4v) is 0.250. The fourth-order valence-electron chi connectivity index (χ4n) is 0.250. The molecule has 0 heterocycles. The topological polar surface area (TPSA) is 12.0 Å². The van der Waals surface area contributed by atoms with E-state index in [1.165, 1.54) is 6.42 Å². The Hall–Kier alpha value is -0.560. The average molecular weight is 203 g/mol. The van der Waals surface area contributed by atoms with Gasteiger partial charge in [-0.15, -0.1) is 19.7 Å². The third-order valence-electron chi connectivity index (χ3n) is 0.500. The van der Waals surface area contributed by atoms with Crippen molar-refractivity contribution in [3.63, 3.8) is 0 Å². The van der Waals surface area contributed by atoms with Gasteiger partial charge < -0.3 is 5.32 Å². The highest BCUT2D eigenvalue weighted by atomic mass is 14.8. The minimum atomic E-state index is 1.14. The van der Waals surface area contributed by atoms with E-state index in [-0.39, 0.29) is 0 Å². The molecule has 0 bridgehead atoms. The summed E-state index contributed by atoms with van der Waals surface area (Å²) < 4.78 is 0. The molecule has 1 nitrogen and oxygen atoms in total. The van der Waals surface area contributed by atoms with E-state index in [9.17, 15) is 0 Å². The van der Waals surface area contributed by atoms with E-state index in [1.54, 1.807) is 6.08 Å². The maximum Gasteiger partial charge on any atom is -0.00546 e. The lowest BCUT2D eigenvalue weighted by Gasteiger charge is -1.84. The van der Waals surface area contributed by atoms with Crippen LogP contribution >= 0.6 is 0 Å². The first-order valence-corrected chi connectivity index (χ1v) is 5.55. The molecule has 1 N–H and O–H groups in total. The first-order valence-electron chi connectivity index (χ1n) is 5.55. The molecule has 0 atom stereocenters.